The molecule has 0 aliphatic rings. The molecule has 100 valence electrons. The third-order valence-electron chi connectivity index (χ3n) is 2.33. The maximum absolute atomic E-state index is 12.0. The zero-order valence-corrected chi connectivity index (χ0v) is 10.1. The van der Waals surface area contributed by atoms with Crippen molar-refractivity contribution in [2.45, 2.75) is 12.8 Å². The Morgan fingerprint density at radius 2 is 2.11 bits per heavy atom. The van der Waals surface area contributed by atoms with Crippen LogP contribution in [0.1, 0.15) is 6.42 Å². The zero-order valence-electron chi connectivity index (χ0n) is 10.1. The Morgan fingerprint density at radius 3 is 2.72 bits per heavy atom. The monoisotopic (exact) mass is 258 g/mol. The fourth-order valence-corrected chi connectivity index (χ4v) is 1.36. The van der Waals surface area contributed by atoms with E-state index in [1.54, 1.807) is 24.3 Å². The molecule has 1 rings (SSSR count). The second kappa shape index (κ2) is 6.78. The quantitative estimate of drug-likeness (QED) is 0.791. The number of benzene rings is 1. The van der Waals surface area contributed by atoms with Gasteiger partial charge in [-0.1, -0.05) is 12.1 Å². The van der Waals surface area contributed by atoms with Crippen molar-refractivity contribution < 1.29 is 18.3 Å². The van der Waals surface area contributed by atoms with E-state index in [-0.39, 0.29) is 18.9 Å². The number of nitrogen functional groups attached to an aromatic ring is 1. The number of hydrogen-bond donors (Lipinski definition) is 1. The van der Waals surface area contributed by atoms with Crippen molar-refractivity contribution in [1.82, 2.24) is 4.90 Å². The molecule has 0 heterocycles. The van der Waals surface area contributed by atoms with Gasteiger partial charge in [-0.05, 0) is 12.1 Å². The average molecular weight is 258 g/mol. The number of hydrogen-bond acceptors (Lipinski definition) is 3. The Balaban J connectivity index is 2.34. The van der Waals surface area contributed by atoms with Crippen LogP contribution in [0.3, 0.4) is 0 Å². The van der Waals surface area contributed by atoms with E-state index in [9.17, 15) is 13.6 Å². The Hall–Kier alpha value is -1.85. The topological polar surface area (TPSA) is 55.6 Å². The normalized spacial score (nSPS) is 10.4. The first-order chi connectivity index (χ1) is 8.50. The van der Waals surface area contributed by atoms with Crippen molar-refractivity contribution in [3.63, 3.8) is 0 Å². The molecule has 0 atom stereocenters. The van der Waals surface area contributed by atoms with Gasteiger partial charge in [-0.2, -0.15) is 0 Å². The number of anilines is 1. The van der Waals surface area contributed by atoms with E-state index in [0.717, 1.165) is 4.90 Å². The molecule has 2 N–H and O–H groups in total. The van der Waals surface area contributed by atoms with Gasteiger partial charge in [0.05, 0.1) is 25.3 Å². The molecule has 0 fully saturated rings. The minimum Gasteiger partial charge on any atom is -0.491 e. The van der Waals surface area contributed by atoms with Crippen LogP contribution < -0.4 is 10.5 Å². The van der Waals surface area contributed by atoms with Gasteiger partial charge in [-0.3, -0.25) is 4.79 Å². The van der Waals surface area contributed by atoms with Gasteiger partial charge in [-0.25, -0.2) is 8.78 Å². The number of rotatable bonds is 6. The number of alkyl halides is 2. The van der Waals surface area contributed by atoms with Crippen LogP contribution in [0.25, 0.3) is 0 Å². The highest BCUT2D eigenvalue weighted by atomic mass is 19.3. The second-order valence-corrected chi connectivity index (χ2v) is 3.80. The molecule has 0 spiro atoms. The number of halogens is 2. The molecule has 18 heavy (non-hydrogen) atoms. The number of para-hydroxylation sites is 2. The summed E-state index contributed by atoms with van der Waals surface area (Å²) in [5.74, 6) is 0.103. The van der Waals surface area contributed by atoms with Crippen molar-refractivity contribution in [3.05, 3.63) is 24.3 Å². The largest absolute Gasteiger partial charge is 0.491 e. The van der Waals surface area contributed by atoms with E-state index in [0.29, 0.717) is 11.4 Å². The van der Waals surface area contributed by atoms with Gasteiger partial charge in [-0.15, -0.1) is 0 Å². The van der Waals surface area contributed by atoms with Gasteiger partial charge in [0, 0.05) is 7.05 Å². The molecule has 4 nitrogen and oxygen atoms in total. The van der Waals surface area contributed by atoms with Crippen LogP contribution in [0.5, 0.6) is 5.75 Å². The number of carbonyl (C=O) groups is 1. The molecule has 1 aromatic rings. The lowest BCUT2D eigenvalue weighted by Crippen LogP contribution is -2.32. The van der Waals surface area contributed by atoms with E-state index >= 15 is 0 Å². The highest BCUT2D eigenvalue weighted by Crippen LogP contribution is 2.19. The maximum atomic E-state index is 12.0. The standard InChI is InChI=1S/C12H16F2N2O2/c1-16(8-11(13)14)12(17)6-7-18-10-5-3-2-4-9(10)15/h2-5,11H,6-8,15H2,1H3. The number of amides is 1. The zero-order chi connectivity index (χ0) is 13.5. The fourth-order valence-electron chi connectivity index (χ4n) is 1.36. The van der Waals surface area contributed by atoms with Crippen molar-refractivity contribution in [3.8, 4) is 5.75 Å². The van der Waals surface area contributed by atoms with Crippen LogP contribution in [-0.4, -0.2) is 37.4 Å². The predicted octanol–water partition coefficient (Wildman–Crippen LogP) is 1.76. The van der Waals surface area contributed by atoms with Gasteiger partial charge >= 0.3 is 0 Å². The predicted molar refractivity (Wildman–Crippen MR) is 64.6 cm³/mol. The lowest BCUT2D eigenvalue weighted by atomic mass is 10.3. The van der Waals surface area contributed by atoms with Gasteiger partial charge in [0.1, 0.15) is 5.75 Å². The number of nitrogens with zero attached hydrogens (tertiary/aromatic N) is 1. The molecule has 1 aromatic carbocycles. The Labute approximate surface area is 104 Å². The summed E-state index contributed by atoms with van der Waals surface area (Å²) in [6, 6.07) is 6.89. The summed E-state index contributed by atoms with van der Waals surface area (Å²) in [5.41, 5.74) is 6.12. The lowest BCUT2D eigenvalue weighted by molar-refractivity contribution is -0.132. The minimum absolute atomic E-state index is 0.0392. The molecule has 0 unspecified atom stereocenters. The molecular weight excluding hydrogens is 242 g/mol. The van der Waals surface area contributed by atoms with Gasteiger partial charge in [0.25, 0.3) is 6.43 Å². The Morgan fingerprint density at radius 1 is 1.44 bits per heavy atom. The third kappa shape index (κ3) is 4.57. The summed E-state index contributed by atoms with van der Waals surface area (Å²) in [6.07, 6.45) is -2.48. The van der Waals surface area contributed by atoms with E-state index in [1.165, 1.54) is 7.05 Å². The fraction of sp³-hybridized carbons (Fsp3) is 0.417. The number of carbonyl (C=O) groups excluding carboxylic acids is 1. The lowest BCUT2D eigenvalue weighted by Gasteiger charge is -2.16. The Bertz CT molecular complexity index is 399. The van der Waals surface area contributed by atoms with E-state index in [4.69, 9.17) is 10.5 Å². The van der Waals surface area contributed by atoms with E-state index in [1.807, 2.05) is 0 Å². The van der Waals surface area contributed by atoms with Gasteiger partial charge in [0.15, 0.2) is 0 Å². The van der Waals surface area contributed by atoms with Gasteiger partial charge < -0.3 is 15.4 Å². The summed E-state index contributed by atoms with van der Waals surface area (Å²) < 4.78 is 29.4. The van der Waals surface area contributed by atoms with E-state index in [2.05, 4.69) is 0 Å². The number of ether oxygens (including phenoxy) is 1. The average Bonchev–Trinajstić information content (AvgIpc) is 2.30. The molecule has 0 aromatic heterocycles. The molecular formula is C12H16F2N2O2. The first kappa shape index (κ1) is 14.2. The molecule has 0 aliphatic heterocycles. The van der Waals surface area contributed by atoms with Crippen LogP contribution in [-0.2, 0) is 4.79 Å². The summed E-state index contributed by atoms with van der Waals surface area (Å²) in [5, 5.41) is 0. The number of nitrogens with two attached hydrogens (primary N) is 1. The summed E-state index contributed by atoms with van der Waals surface area (Å²) in [7, 11) is 1.34. The first-order valence-electron chi connectivity index (χ1n) is 5.50. The molecule has 0 aliphatic carbocycles. The Kier molecular flexibility index (Phi) is 5.35. The summed E-state index contributed by atoms with van der Waals surface area (Å²) in [6.45, 7) is -0.451. The summed E-state index contributed by atoms with van der Waals surface area (Å²) in [4.78, 5) is 12.4. The van der Waals surface area contributed by atoms with Crippen molar-refractivity contribution in [2.24, 2.45) is 0 Å². The van der Waals surface area contributed by atoms with Gasteiger partial charge in [0.2, 0.25) is 5.91 Å². The smallest absolute Gasteiger partial charge is 0.255 e. The highest BCUT2D eigenvalue weighted by Gasteiger charge is 2.13. The van der Waals surface area contributed by atoms with Crippen molar-refractivity contribution in [1.29, 1.82) is 0 Å². The maximum Gasteiger partial charge on any atom is 0.255 e. The third-order valence-corrected chi connectivity index (χ3v) is 2.33. The second-order valence-electron chi connectivity index (χ2n) is 3.80. The summed E-state index contributed by atoms with van der Waals surface area (Å²) >= 11 is 0. The minimum atomic E-state index is -2.52. The first-order valence-corrected chi connectivity index (χ1v) is 5.50. The van der Waals surface area contributed by atoms with E-state index < -0.39 is 13.0 Å². The molecule has 0 saturated heterocycles. The van der Waals surface area contributed by atoms with Crippen LogP contribution in [0.15, 0.2) is 24.3 Å². The molecule has 6 heteroatoms. The molecule has 0 saturated carbocycles. The van der Waals surface area contributed by atoms with Crippen LogP contribution in [0.4, 0.5) is 14.5 Å². The van der Waals surface area contributed by atoms with Crippen LogP contribution in [0.2, 0.25) is 0 Å². The highest BCUT2D eigenvalue weighted by molar-refractivity contribution is 5.76. The van der Waals surface area contributed by atoms with Crippen LogP contribution >= 0.6 is 0 Å². The van der Waals surface area contributed by atoms with Crippen molar-refractivity contribution >= 4 is 11.6 Å². The van der Waals surface area contributed by atoms with Crippen molar-refractivity contribution in [2.75, 3.05) is 25.9 Å². The molecule has 0 radical (unpaired) electrons. The SMILES string of the molecule is CN(CC(F)F)C(=O)CCOc1ccccc1N. The molecule has 0 bridgehead atoms. The van der Waals surface area contributed by atoms with Crippen LogP contribution in [0, 0.1) is 0 Å². The molecule has 1 amide bonds.